The third kappa shape index (κ3) is 3.55. The van der Waals surface area contributed by atoms with Crippen LogP contribution in [0.5, 0.6) is 0 Å². The van der Waals surface area contributed by atoms with Crippen LogP contribution < -0.4 is 0 Å². The summed E-state index contributed by atoms with van der Waals surface area (Å²) < 4.78 is 5.36. The van der Waals surface area contributed by atoms with Gasteiger partial charge in [0, 0.05) is 15.6 Å². The van der Waals surface area contributed by atoms with Gasteiger partial charge in [0.1, 0.15) is 11.5 Å². The molecule has 1 fully saturated rings. The summed E-state index contributed by atoms with van der Waals surface area (Å²) in [6.45, 7) is 0.0484. The molecule has 29 heavy (non-hydrogen) atoms. The van der Waals surface area contributed by atoms with E-state index in [4.69, 9.17) is 27.6 Å². The minimum atomic E-state index is -0.884. The number of rotatable bonds is 4. The molecule has 0 aliphatic carbocycles. The molecule has 1 atom stereocenters. The lowest BCUT2D eigenvalue weighted by Gasteiger charge is -2.25. The van der Waals surface area contributed by atoms with E-state index in [1.54, 1.807) is 54.6 Å². The number of aliphatic hydroxyl groups excluding tert-OH is 1. The van der Waals surface area contributed by atoms with Crippen molar-refractivity contribution in [3.63, 3.8) is 0 Å². The zero-order valence-electron chi connectivity index (χ0n) is 15.0. The number of carbonyl (C=O) groups is 2. The van der Waals surface area contributed by atoms with E-state index in [-0.39, 0.29) is 22.9 Å². The normalized spacial score (nSPS) is 18.4. The summed E-state index contributed by atoms with van der Waals surface area (Å²) in [7, 11) is 0. The number of ketones is 1. The van der Waals surface area contributed by atoms with Crippen molar-refractivity contribution < 1.29 is 19.1 Å². The predicted molar refractivity (Wildman–Crippen MR) is 109 cm³/mol. The molecule has 3 aromatic rings. The minimum absolute atomic E-state index is 0.0306. The number of furan rings is 1. The molecule has 0 unspecified atom stereocenters. The molecule has 2 aromatic carbocycles. The highest BCUT2D eigenvalue weighted by Gasteiger charge is 2.47. The second-order valence-corrected chi connectivity index (χ2v) is 7.38. The second-order valence-electron chi connectivity index (χ2n) is 6.54. The van der Waals surface area contributed by atoms with E-state index in [0.29, 0.717) is 21.9 Å². The van der Waals surface area contributed by atoms with Crippen LogP contribution in [0.2, 0.25) is 10.0 Å². The van der Waals surface area contributed by atoms with E-state index in [1.807, 2.05) is 0 Å². The van der Waals surface area contributed by atoms with Crippen molar-refractivity contribution in [3.05, 3.63) is 99.4 Å². The highest BCUT2D eigenvalue weighted by Crippen LogP contribution is 2.43. The van der Waals surface area contributed by atoms with Crippen molar-refractivity contribution in [2.24, 2.45) is 0 Å². The molecule has 1 amide bonds. The molecule has 1 aromatic heterocycles. The quantitative estimate of drug-likeness (QED) is 0.352. The SMILES string of the molecule is O=C1C(=O)N(Cc2ccco2)[C@@H](c2ccc(Cl)cc2Cl)/C1=C(\O)c1ccccc1. The number of halogens is 2. The van der Waals surface area contributed by atoms with Gasteiger partial charge < -0.3 is 14.4 Å². The fourth-order valence-electron chi connectivity index (χ4n) is 3.41. The Morgan fingerprint density at radius 1 is 1.03 bits per heavy atom. The first-order valence-electron chi connectivity index (χ1n) is 8.78. The van der Waals surface area contributed by atoms with Gasteiger partial charge >= 0.3 is 0 Å². The first kappa shape index (κ1) is 19.3. The third-order valence-corrected chi connectivity index (χ3v) is 5.31. The van der Waals surface area contributed by atoms with Crippen molar-refractivity contribution in [3.8, 4) is 0 Å². The van der Waals surface area contributed by atoms with Gasteiger partial charge in [0.05, 0.1) is 24.4 Å². The summed E-state index contributed by atoms with van der Waals surface area (Å²) in [5.74, 6) is -1.28. The lowest BCUT2D eigenvalue weighted by atomic mass is 9.95. The average Bonchev–Trinajstić information content (AvgIpc) is 3.31. The van der Waals surface area contributed by atoms with Crippen LogP contribution in [0.1, 0.15) is 22.9 Å². The minimum Gasteiger partial charge on any atom is -0.507 e. The van der Waals surface area contributed by atoms with Gasteiger partial charge in [-0.1, -0.05) is 59.6 Å². The monoisotopic (exact) mass is 427 g/mol. The maximum absolute atomic E-state index is 12.9. The number of carbonyl (C=O) groups excluding carboxylic acids is 2. The van der Waals surface area contributed by atoms with Gasteiger partial charge in [0.25, 0.3) is 11.7 Å². The molecule has 0 saturated carbocycles. The Labute approximate surface area is 176 Å². The Kier molecular flexibility index (Phi) is 5.18. The number of hydrogen-bond donors (Lipinski definition) is 1. The summed E-state index contributed by atoms with van der Waals surface area (Å²) in [4.78, 5) is 27.1. The molecule has 1 saturated heterocycles. The molecule has 0 bridgehead atoms. The second kappa shape index (κ2) is 7.78. The third-order valence-electron chi connectivity index (χ3n) is 4.75. The number of aliphatic hydroxyl groups is 1. The predicted octanol–water partition coefficient (Wildman–Crippen LogP) is 5.21. The fraction of sp³-hybridized carbons (Fsp3) is 0.0909. The fourth-order valence-corrected chi connectivity index (χ4v) is 3.92. The Bertz CT molecular complexity index is 1110. The molecular weight excluding hydrogens is 413 g/mol. The molecule has 0 spiro atoms. The van der Waals surface area contributed by atoms with Crippen LogP contribution in [0.25, 0.3) is 5.76 Å². The maximum atomic E-state index is 12.9. The molecule has 5 nitrogen and oxygen atoms in total. The summed E-state index contributed by atoms with van der Waals surface area (Å²) in [5.41, 5.74) is 0.884. The number of nitrogens with zero attached hydrogens (tertiary/aromatic N) is 1. The van der Waals surface area contributed by atoms with E-state index in [2.05, 4.69) is 0 Å². The Morgan fingerprint density at radius 3 is 2.45 bits per heavy atom. The highest BCUT2D eigenvalue weighted by molar-refractivity contribution is 6.47. The van der Waals surface area contributed by atoms with Crippen molar-refractivity contribution in [2.45, 2.75) is 12.6 Å². The molecule has 146 valence electrons. The van der Waals surface area contributed by atoms with Gasteiger partial charge in [0.15, 0.2) is 0 Å². The van der Waals surface area contributed by atoms with Crippen LogP contribution in [-0.2, 0) is 16.1 Å². The molecule has 4 rings (SSSR count). The largest absolute Gasteiger partial charge is 0.507 e. The van der Waals surface area contributed by atoms with Gasteiger partial charge in [-0.2, -0.15) is 0 Å². The van der Waals surface area contributed by atoms with Crippen LogP contribution in [0.3, 0.4) is 0 Å². The smallest absolute Gasteiger partial charge is 0.296 e. The van der Waals surface area contributed by atoms with E-state index in [0.717, 1.165) is 0 Å². The number of likely N-dealkylation sites (tertiary alicyclic amines) is 1. The lowest BCUT2D eigenvalue weighted by Crippen LogP contribution is -2.29. The van der Waals surface area contributed by atoms with Gasteiger partial charge in [-0.25, -0.2) is 0 Å². The highest BCUT2D eigenvalue weighted by atomic mass is 35.5. The van der Waals surface area contributed by atoms with E-state index < -0.39 is 17.7 Å². The molecule has 7 heteroatoms. The van der Waals surface area contributed by atoms with E-state index >= 15 is 0 Å². The van der Waals surface area contributed by atoms with Crippen LogP contribution in [0.15, 0.2) is 76.9 Å². The Balaban J connectivity index is 1.90. The first-order chi connectivity index (χ1) is 14.0. The van der Waals surface area contributed by atoms with Crippen LogP contribution >= 0.6 is 23.2 Å². The maximum Gasteiger partial charge on any atom is 0.296 e. The first-order valence-corrected chi connectivity index (χ1v) is 9.54. The molecule has 1 N–H and O–H groups in total. The molecule has 0 radical (unpaired) electrons. The zero-order chi connectivity index (χ0) is 20.5. The van der Waals surface area contributed by atoms with Gasteiger partial charge in [-0.05, 0) is 29.8 Å². The van der Waals surface area contributed by atoms with E-state index in [9.17, 15) is 14.7 Å². The van der Waals surface area contributed by atoms with Crippen LogP contribution in [0.4, 0.5) is 0 Å². The van der Waals surface area contributed by atoms with Gasteiger partial charge in [0.2, 0.25) is 0 Å². The number of amides is 1. The van der Waals surface area contributed by atoms with Crippen LogP contribution in [-0.4, -0.2) is 21.7 Å². The van der Waals surface area contributed by atoms with Gasteiger partial charge in [-0.15, -0.1) is 0 Å². The van der Waals surface area contributed by atoms with Gasteiger partial charge in [-0.3, -0.25) is 9.59 Å². The summed E-state index contributed by atoms with van der Waals surface area (Å²) in [6, 6.07) is 15.9. The Hall–Kier alpha value is -3.02. The van der Waals surface area contributed by atoms with Crippen LogP contribution in [0, 0.1) is 0 Å². The summed E-state index contributed by atoms with van der Waals surface area (Å²) in [6.07, 6.45) is 1.49. The zero-order valence-corrected chi connectivity index (χ0v) is 16.5. The molecular formula is C22H15Cl2NO4. The topological polar surface area (TPSA) is 70.8 Å². The van der Waals surface area contributed by atoms with E-state index in [1.165, 1.54) is 17.2 Å². The molecule has 2 heterocycles. The van der Waals surface area contributed by atoms with Crippen molar-refractivity contribution in [1.29, 1.82) is 0 Å². The van der Waals surface area contributed by atoms with Crippen molar-refractivity contribution >= 4 is 40.7 Å². The summed E-state index contributed by atoms with van der Waals surface area (Å²) >= 11 is 12.4. The average molecular weight is 428 g/mol. The number of hydrogen-bond acceptors (Lipinski definition) is 4. The standard InChI is InChI=1S/C22H15Cl2NO4/c23-14-8-9-16(17(24)11-14)19-18(20(26)13-5-2-1-3-6-13)21(27)22(28)25(19)12-15-7-4-10-29-15/h1-11,19,26H,12H2/b20-18+/t19-/m0/s1. The molecule has 1 aliphatic rings. The van der Waals surface area contributed by atoms with Crippen molar-refractivity contribution in [2.75, 3.05) is 0 Å². The number of Topliss-reactive ketones (excluding diaryl/α,β-unsaturated/α-hetero) is 1. The number of benzene rings is 2. The summed E-state index contributed by atoms with van der Waals surface area (Å²) in [5, 5.41) is 11.6. The Morgan fingerprint density at radius 2 is 1.79 bits per heavy atom. The van der Waals surface area contributed by atoms with Crippen molar-refractivity contribution in [1.82, 2.24) is 4.90 Å². The molecule has 1 aliphatic heterocycles. The lowest BCUT2D eigenvalue weighted by molar-refractivity contribution is -0.140.